The van der Waals surface area contributed by atoms with Gasteiger partial charge in [0, 0.05) is 49.0 Å². The zero-order valence-electron chi connectivity index (χ0n) is 5.56. The first kappa shape index (κ1) is 8.06. The van der Waals surface area contributed by atoms with Gasteiger partial charge in [0.15, 0.2) is 0 Å². The molecule has 1 saturated heterocycles. The quantitative estimate of drug-likeness (QED) is 0.548. The lowest BCUT2D eigenvalue weighted by atomic mass is 10.5. The summed E-state index contributed by atoms with van der Waals surface area (Å²) in [4.78, 5) is 12.7. The Hall–Kier alpha value is -0.0400. The average molecular weight is 255 g/mol. The van der Waals surface area contributed by atoms with Crippen LogP contribution in [0.3, 0.4) is 0 Å². The summed E-state index contributed by atoms with van der Waals surface area (Å²) in [5, 5.41) is 2.74. The maximum Gasteiger partial charge on any atom is 0.317 e. The molecule has 0 aromatic rings. The average Bonchev–Trinajstić information content (AvgIpc) is 2.31. The highest BCUT2D eigenvalue weighted by Gasteiger charge is 2.17. The van der Waals surface area contributed by atoms with Crippen LogP contribution in [0.1, 0.15) is 0 Å². The van der Waals surface area contributed by atoms with E-state index in [1.807, 2.05) is 0 Å². The highest BCUT2D eigenvalue weighted by atomic mass is 127. The second-order valence-electron chi connectivity index (χ2n) is 2.10. The third-order valence-corrected chi connectivity index (χ3v) is 1.96. The molecular weight excluding hydrogens is 245 g/mol. The van der Waals surface area contributed by atoms with Gasteiger partial charge in [0.1, 0.15) is 0 Å². The molecule has 58 valence electrons. The smallest absolute Gasteiger partial charge is 0.317 e. The minimum Gasteiger partial charge on any atom is -0.336 e. The van der Waals surface area contributed by atoms with Crippen LogP contribution >= 0.6 is 22.9 Å². The van der Waals surface area contributed by atoms with E-state index in [0.717, 1.165) is 26.2 Å². The molecule has 0 unspecified atom stereocenters. The van der Waals surface area contributed by atoms with Crippen LogP contribution in [-0.2, 0) is 0 Å². The van der Waals surface area contributed by atoms with E-state index in [1.165, 1.54) is 0 Å². The number of carbonyl (C=O) groups is 1. The molecule has 4 nitrogen and oxygen atoms in total. The molecule has 10 heavy (non-hydrogen) atoms. The number of carbonyl (C=O) groups excluding carboxylic acids is 1. The van der Waals surface area contributed by atoms with Crippen LogP contribution in [0.5, 0.6) is 0 Å². The van der Waals surface area contributed by atoms with Crippen molar-refractivity contribution in [3.8, 4) is 0 Å². The van der Waals surface area contributed by atoms with Gasteiger partial charge in [-0.15, -0.1) is 0 Å². The van der Waals surface area contributed by atoms with Gasteiger partial charge in [-0.05, 0) is 0 Å². The van der Waals surface area contributed by atoms with Crippen molar-refractivity contribution in [2.24, 2.45) is 0 Å². The van der Waals surface area contributed by atoms with Crippen molar-refractivity contribution in [1.29, 1.82) is 0 Å². The van der Waals surface area contributed by atoms with Gasteiger partial charge in [-0.1, -0.05) is 0 Å². The van der Waals surface area contributed by atoms with E-state index in [4.69, 9.17) is 0 Å². The predicted molar refractivity (Wildman–Crippen MR) is 47.0 cm³/mol. The Morgan fingerprint density at radius 3 is 3.10 bits per heavy atom. The van der Waals surface area contributed by atoms with Crippen molar-refractivity contribution >= 4 is 28.9 Å². The number of rotatable bonds is 3. The normalized spacial score (nSPS) is 17.7. The molecule has 0 radical (unpaired) electrons. The van der Waals surface area contributed by atoms with Crippen molar-refractivity contribution in [1.82, 2.24) is 13.7 Å². The molecule has 1 aliphatic heterocycles. The highest BCUT2D eigenvalue weighted by molar-refractivity contribution is 14.1. The lowest BCUT2D eigenvalue weighted by molar-refractivity contribution is 0.218. The molecule has 1 fully saturated rings. The fourth-order valence-corrected chi connectivity index (χ4v) is 1.14. The summed E-state index contributed by atoms with van der Waals surface area (Å²) >= 11 is 2.07. The number of nitrogens with zero attached hydrogens (tertiary/aromatic N) is 1. The first-order chi connectivity index (χ1) is 4.84. The summed E-state index contributed by atoms with van der Waals surface area (Å²) in [5.74, 6) is 0. The minimum atomic E-state index is 0.0617. The lowest BCUT2D eigenvalue weighted by Crippen LogP contribution is -2.32. The fourth-order valence-electron chi connectivity index (χ4n) is 0.902. The molecule has 0 aromatic carbocycles. The van der Waals surface area contributed by atoms with Crippen molar-refractivity contribution in [2.45, 2.75) is 0 Å². The highest BCUT2D eigenvalue weighted by Crippen LogP contribution is 1.94. The van der Waals surface area contributed by atoms with Crippen LogP contribution in [0.15, 0.2) is 0 Å². The molecular formula is C5H10IN3O. The molecule has 0 bridgehead atoms. The third-order valence-electron chi connectivity index (χ3n) is 1.42. The maximum atomic E-state index is 10.9. The molecule has 0 aliphatic carbocycles. The molecule has 0 spiro atoms. The van der Waals surface area contributed by atoms with E-state index in [2.05, 4.69) is 31.7 Å². The van der Waals surface area contributed by atoms with Gasteiger partial charge in [0.2, 0.25) is 0 Å². The summed E-state index contributed by atoms with van der Waals surface area (Å²) < 4.78 is 2.96. The summed E-state index contributed by atoms with van der Waals surface area (Å²) in [6.07, 6.45) is 0. The molecule has 2 amide bonds. The van der Waals surface area contributed by atoms with Gasteiger partial charge in [-0.3, -0.25) is 3.53 Å². The van der Waals surface area contributed by atoms with Crippen molar-refractivity contribution in [3.05, 3.63) is 0 Å². The molecule has 1 heterocycles. The Morgan fingerprint density at radius 2 is 2.60 bits per heavy atom. The Kier molecular flexibility index (Phi) is 3.20. The van der Waals surface area contributed by atoms with Crippen LogP contribution in [0, 0.1) is 0 Å². The van der Waals surface area contributed by atoms with Crippen LogP contribution in [-0.4, -0.2) is 37.1 Å². The van der Waals surface area contributed by atoms with Gasteiger partial charge >= 0.3 is 6.03 Å². The van der Waals surface area contributed by atoms with Crippen LogP contribution in [0.25, 0.3) is 0 Å². The van der Waals surface area contributed by atoms with Gasteiger partial charge in [0.05, 0.1) is 0 Å². The standard InChI is InChI=1S/C5H10IN3O/c6-8-2-4-9-3-1-7-5(9)10/h8H,1-4H2,(H,7,10). The number of nitrogens with one attached hydrogen (secondary N) is 2. The summed E-state index contributed by atoms with van der Waals surface area (Å²) in [5.41, 5.74) is 0. The Labute approximate surface area is 73.8 Å². The first-order valence-electron chi connectivity index (χ1n) is 3.21. The van der Waals surface area contributed by atoms with Gasteiger partial charge in [0.25, 0.3) is 0 Å². The third kappa shape index (κ3) is 1.98. The first-order valence-corrected chi connectivity index (χ1v) is 4.29. The van der Waals surface area contributed by atoms with E-state index in [0.29, 0.717) is 0 Å². The molecule has 0 saturated carbocycles. The van der Waals surface area contributed by atoms with Crippen LogP contribution < -0.4 is 8.85 Å². The summed E-state index contributed by atoms with van der Waals surface area (Å²) in [7, 11) is 0. The molecule has 0 atom stereocenters. The number of hydrogen-bond acceptors (Lipinski definition) is 2. The second kappa shape index (κ2) is 3.97. The zero-order valence-corrected chi connectivity index (χ0v) is 7.72. The van der Waals surface area contributed by atoms with E-state index >= 15 is 0 Å². The molecule has 1 rings (SSSR count). The van der Waals surface area contributed by atoms with Gasteiger partial charge in [-0.2, -0.15) is 0 Å². The number of amides is 2. The Bertz CT molecular complexity index is 130. The molecule has 1 aliphatic rings. The van der Waals surface area contributed by atoms with Gasteiger partial charge in [-0.25, -0.2) is 4.79 Å². The van der Waals surface area contributed by atoms with Gasteiger partial charge < -0.3 is 10.2 Å². The van der Waals surface area contributed by atoms with Crippen LogP contribution in [0.4, 0.5) is 4.79 Å². The summed E-state index contributed by atoms with van der Waals surface area (Å²) in [6, 6.07) is 0.0617. The van der Waals surface area contributed by atoms with Crippen molar-refractivity contribution in [3.63, 3.8) is 0 Å². The largest absolute Gasteiger partial charge is 0.336 e. The number of halogens is 1. The van der Waals surface area contributed by atoms with Crippen molar-refractivity contribution in [2.75, 3.05) is 26.2 Å². The fraction of sp³-hybridized carbons (Fsp3) is 0.800. The van der Waals surface area contributed by atoms with E-state index in [9.17, 15) is 4.79 Å². The molecule has 2 N–H and O–H groups in total. The number of hydrogen-bond donors (Lipinski definition) is 2. The van der Waals surface area contributed by atoms with E-state index in [1.54, 1.807) is 4.90 Å². The van der Waals surface area contributed by atoms with E-state index < -0.39 is 0 Å². The SMILES string of the molecule is O=C1NCCN1CCNI. The number of urea groups is 1. The Balaban J connectivity index is 2.20. The second-order valence-corrected chi connectivity index (χ2v) is 2.87. The topological polar surface area (TPSA) is 44.4 Å². The monoisotopic (exact) mass is 255 g/mol. The molecule has 0 aromatic heterocycles. The van der Waals surface area contributed by atoms with Crippen LogP contribution in [0.2, 0.25) is 0 Å². The summed E-state index contributed by atoms with van der Waals surface area (Å²) in [6.45, 7) is 3.29. The maximum absolute atomic E-state index is 10.9. The van der Waals surface area contributed by atoms with Crippen molar-refractivity contribution < 1.29 is 4.79 Å². The Morgan fingerprint density at radius 1 is 1.80 bits per heavy atom. The molecule has 5 heteroatoms. The zero-order chi connectivity index (χ0) is 7.40. The lowest BCUT2D eigenvalue weighted by Gasteiger charge is -2.11. The minimum absolute atomic E-state index is 0.0617. The van der Waals surface area contributed by atoms with E-state index in [-0.39, 0.29) is 6.03 Å². The predicted octanol–water partition coefficient (Wildman–Crippen LogP) is -0.0488.